The number of hydrogen-bond donors (Lipinski definition) is 8. The number of rotatable bonds is 5. The average Bonchev–Trinajstić information content (AvgIpc) is 3.93. The summed E-state index contributed by atoms with van der Waals surface area (Å²) in [5.41, 5.74) is 5.86. The number of fused-ring (bicyclic) bond motifs is 2. The number of ether oxygens (including phenoxy) is 1. The Bertz CT molecular complexity index is 3170. The van der Waals surface area contributed by atoms with Crippen LogP contribution in [0.2, 0.25) is 0 Å². The van der Waals surface area contributed by atoms with Crippen molar-refractivity contribution in [3.63, 3.8) is 0 Å². The van der Waals surface area contributed by atoms with Gasteiger partial charge in [-0.1, -0.05) is 139 Å². The van der Waals surface area contributed by atoms with Gasteiger partial charge in [0.2, 0.25) is 0 Å². The van der Waals surface area contributed by atoms with Crippen LogP contribution in [0.25, 0.3) is 11.1 Å². The molecule has 8 N–H and O–H groups in total. The lowest BCUT2D eigenvalue weighted by atomic mass is 9.81. The Morgan fingerprint density at radius 2 is 0.946 bits per heavy atom. The van der Waals surface area contributed by atoms with Gasteiger partial charge in [0.1, 0.15) is 17.5 Å². The highest BCUT2D eigenvalue weighted by Crippen LogP contribution is 2.25. The van der Waals surface area contributed by atoms with E-state index in [9.17, 15) is 37.1 Å². The van der Waals surface area contributed by atoms with Crippen molar-refractivity contribution in [2.75, 3.05) is 7.11 Å². The van der Waals surface area contributed by atoms with Crippen LogP contribution in [0, 0.1) is 17.5 Å². The second-order valence-electron chi connectivity index (χ2n) is 14.5. The van der Waals surface area contributed by atoms with Crippen LogP contribution >= 0.6 is 47.8 Å². The van der Waals surface area contributed by atoms with Gasteiger partial charge >= 0.3 is 35.4 Å². The van der Waals surface area contributed by atoms with Crippen LogP contribution in [0.4, 0.5) is 13.2 Å². The topological polar surface area (TPSA) is 274 Å². The fourth-order valence-electron chi connectivity index (χ4n) is 5.89. The molecular formula is C50H41BBr3F3N2O14S. The van der Waals surface area contributed by atoms with E-state index in [1.54, 1.807) is 24.3 Å². The Morgan fingerprint density at radius 3 is 1.39 bits per heavy atom. The molecule has 7 aromatic carbocycles. The van der Waals surface area contributed by atoms with Gasteiger partial charge in [-0.2, -0.15) is 8.42 Å². The number of esters is 1. The van der Waals surface area contributed by atoms with E-state index in [1.807, 2.05) is 54.6 Å². The van der Waals surface area contributed by atoms with Crippen LogP contribution in [-0.4, -0.2) is 81.7 Å². The number of carboxylic acid groups (broad SMARTS) is 2. The molecular weight excluding hydrogens is 1190 g/mol. The highest BCUT2D eigenvalue weighted by atomic mass is 79.9. The molecule has 0 bridgehead atoms. The van der Waals surface area contributed by atoms with Crippen LogP contribution in [0.1, 0.15) is 62.9 Å². The first-order valence-corrected chi connectivity index (χ1v) is 24.5. The summed E-state index contributed by atoms with van der Waals surface area (Å²) in [7, 11) is -4.80. The third kappa shape index (κ3) is 21.2. The Morgan fingerprint density at radius 1 is 0.541 bits per heavy atom. The van der Waals surface area contributed by atoms with Crippen molar-refractivity contribution in [1.82, 2.24) is 10.6 Å². The molecule has 0 fully saturated rings. The van der Waals surface area contributed by atoms with Crippen molar-refractivity contribution in [3.8, 4) is 11.1 Å². The number of hydrogen-bond acceptors (Lipinski definition) is 10. The van der Waals surface area contributed by atoms with Crippen LogP contribution < -0.4 is 16.1 Å². The third-order valence-corrected chi connectivity index (χ3v) is 10.8. The summed E-state index contributed by atoms with van der Waals surface area (Å²) in [6.45, 7) is 1.32. The van der Waals surface area contributed by atoms with Gasteiger partial charge in [0, 0.05) is 37.6 Å². The van der Waals surface area contributed by atoms with Crippen molar-refractivity contribution in [2.45, 2.75) is 13.1 Å². The minimum atomic E-state index is -4.67. The van der Waals surface area contributed by atoms with Crippen LogP contribution in [0.15, 0.2) is 171 Å². The van der Waals surface area contributed by atoms with Gasteiger partial charge in [-0.05, 0) is 94.4 Å². The van der Waals surface area contributed by atoms with Gasteiger partial charge in [0.25, 0.3) is 11.8 Å². The largest absolute Gasteiger partial charge is 0.488 e. The molecule has 0 unspecified atom stereocenters. The maximum absolute atomic E-state index is 12.9. The van der Waals surface area contributed by atoms with Crippen molar-refractivity contribution < 1.29 is 79.7 Å². The van der Waals surface area contributed by atoms with E-state index in [0.29, 0.717) is 27.5 Å². The minimum Gasteiger partial charge on any atom is -0.478 e. The molecule has 2 aliphatic rings. The zero-order valence-corrected chi connectivity index (χ0v) is 43.7. The number of carbonyl (C=O) groups is 5. The number of aromatic carboxylic acids is 2. The fraction of sp³-hybridized carbons (Fsp3) is 0.0600. The first-order chi connectivity index (χ1) is 34.9. The Kier molecular flexibility index (Phi) is 25.0. The van der Waals surface area contributed by atoms with Crippen molar-refractivity contribution in [1.29, 1.82) is 0 Å². The van der Waals surface area contributed by atoms with Crippen molar-refractivity contribution in [2.24, 2.45) is 0 Å². The van der Waals surface area contributed by atoms with Crippen molar-refractivity contribution in [3.05, 3.63) is 228 Å². The number of amides is 2. The predicted octanol–water partition coefficient (Wildman–Crippen LogP) is 9.19. The van der Waals surface area contributed by atoms with Gasteiger partial charge in [-0.3, -0.25) is 18.7 Å². The number of benzene rings is 7. The highest BCUT2D eigenvalue weighted by Gasteiger charge is 2.20. The monoisotopic (exact) mass is 1230 g/mol. The first-order valence-electron chi connectivity index (χ1n) is 20.7. The maximum atomic E-state index is 12.9. The second kappa shape index (κ2) is 30.2. The van der Waals surface area contributed by atoms with E-state index in [0.717, 1.165) is 50.0 Å². The molecule has 0 spiro atoms. The molecule has 16 nitrogen and oxygen atoms in total. The van der Waals surface area contributed by atoms with Gasteiger partial charge in [-0.15, -0.1) is 0 Å². The number of halogens is 6. The number of nitrogens with one attached hydrogen (secondary N) is 2. The van der Waals surface area contributed by atoms with E-state index in [4.69, 9.17) is 37.8 Å². The van der Waals surface area contributed by atoms with E-state index < -0.39 is 52.9 Å². The summed E-state index contributed by atoms with van der Waals surface area (Å²) in [4.78, 5) is 54.0. The summed E-state index contributed by atoms with van der Waals surface area (Å²) in [6, 6.07) is 43.7. The van der Waals surface area contributed by atoms with Gasteiger partial charge in [0.15, 0.2) is 0 Å². The fourth-order valence-corrected chi connectivity index (χ4v) is 6.98. The zero-order chi connectivity index (χ0) is 55.1. The molecule has 0 atom stereocenters. The molecule has 0 saturated carbocycles. The predicted molar refractivity (Wildman–Crippen MR) is 279 cm³/mol. The molecule has 0 saturated heterocycles. The number of methoxy groups -OCH3 is 1. The molecule has 74 heavy (non-hydrogen) atoms. The molecule has 2 aliphatic heterocycles. The standard InChI is InChI=1S/C14H11NO.C8H6BrFO2.C8H6BrNO.C7H4BrFO2.C7H5FO2.C6H7BO2.H2O4S/c16-14-13-8-11(6-7-12(13)9-15-14)10-4-2-1-3-5-10;1-12-8(11)6-4-5(9)2-3-7(6)10;9-6-2-1-5-4-10-8(11)7(5)3-6;8-4-1-2-6(9)5(3-4)7(10)11;8-6-4-2-1-3-5(6)7(9)10;8-7(9)6-4-2-1-3-5-6;1-5(2,3)4/h1-8H,9H2,(H,15,16);2-4H,1H3;1-3H,4H2,(H,10,11);1-3H,(H,10,11);1-4H,(H,9,10);1-5,8-9H;(H2,1,2,3,4). The normalized spacial score (nSPS) is 11.2. The smallest absolute Gasteiger partial charge is 0.478 e. The summed E-state index contributed by atoms with van der Waals surface area (Å²) in [6.07, 6.45) is 0. The lowest BCUT2D eigenvalue weighted by Crippen LogP contribution is -2.29. The Hall–Kier alpha value is -7.03. The molecule has 386 valence electrons. The van der Waals surface area contributed by atoms with Gasteiger partial charge in [-0.25, -0.2) is 27.6 Å². The minimum absolute atomic E-state index is 0.0290. The third-order valence-electron chi connectivity index (χ3n) is 9.35. The molecule has 7 aromatic rings. The zero-order valence-electron chi connectivity index (χ0n) is 38.1. The van der Waals surface area contributed by atoms with Gasteiger partial charge in [0.05, 0.1) is 23.8 Å². The second-order valence-corrected chi connectivity index (χ2v) is 18.1. The van der Waals surface area contributed by atoms with Gasteiger partial charge < -0.3 is 35.6 Å². The molecule has 0 aromatic heterocycles. The molecule has 2 heterocycles. The van der Waals surface area contributed by atoms with E-state index in [2.05, 4.69) is 81.4 Å². The molecule has 0 radical (unpaired) electrons. The molecule has 2 amide bonds. The molecule has 0 aliphatic carbocycles. The molecule has 24 heteroatoms. The first kappa shape index (κ1) is 61.3. The summed E-state index contributed by atoms with van der Waals surface area (Å²) in [5, 5.41) is 39.5. The maximum Gasteiger partial charge on any atom is 0.488 e. The number of carbonyl (C=O) groups excluding carboxylic acids is 3. The number of carboxylic acids is 2. The lowest BCUT2D eigenvalue weighted by Gasteiger charge is -2.03. The summed E-state index contributed by atoms with van der Waals surface area (Å²) in [5.74, 6) is -5.11. The quantitative estimate of drug-likeness (QED) is 0.0454. The average molecular weight is 1230 g/mol. The lowest BCUT2D eigenvalue weighted by molar-refractivity contribution is 0.0593. The van der Waals surface area contributed by atoms with E-state index >= 15 is 0 Å². The Balaban J connectivity index is 0.000000232. The Labute approximate surface area is 447 Å². The van der Waals surface area contributed by atoms with E-state index in [1.165, 1.54) is 55.6 Å². The highest BCUT2D eigenvalue weighted by molar-refractivity contribution is 9.11. The molecule has 9 rings (SSSR count). The van der Waals surface area contributed by atoms with Crippen LogP contribution in [0.5, 0.6) is 0 Å². The summed E-state index contributed by atoms with van der Waals surface area (Å²) < 4.78 is 76.1. The summed E-state index contributed by atoms with van der Waals surface area (Å²) >= 11 is 9.47. The van der Waals surface area contributed by atoms with E-state index in [-0.39, 0.29) is 28.5 Å². The van der Waals surface area contributed by atoms with Crippen molar-refractivity contribution >= 4 is 100 Å². The van der Waals surface area contributed by atoms with Crippen LogP contribution in [0.3, 0.4) is 0 Å². The van der Waals surface area contributed by atoms with Crippen LogP contribution in [-0.2, 0) is 28.2 Å². The SMILES string of the molecule is COC(=O)c1cc(Br)ccc1F.O=C(O)c1cc(Br)ccc1F.O=C(O)c1ccccc1F.O=C1NCc2ccc(-c3ccccc3)cc21.O=C1NCc2ccc(Br)cc21.O=S(=O)(O)O.OB(O)c1ccccc1.